The van der Waals surface area contributed by atoms with Gasteiger partial charge in [0.25, 0.3) is 5.91 Å². The molecular weight excluding hydrogens is 278 g/mol. The lowest BCUT2D eigenvalue weighted by molar-refractivity contribution is 0.0993. The third kappa shape index (κ3) is 2.63. The van der Waals surface area contributed by atoms with Gasteiger partial charge in [-0.25, -0.2) is 4.79 Å². The molecule has 1 amide bonds. The molecule has 0 aliphatic rings. The quantitative estimate of drug-likeness (QED) is 0.784. The van der Waals surface area contributed by atoms with Crippen molar-refractivity contribution in [2.75, 3.05) is 5.32 Å². The second-order valence-electron chi connectivity index (χ2n) is 5.24. The second-order valence-corrected chi connectivity index (χ2v) is 5.24. The highest BCUT2D eigenvalue weighted by Gasteiger charge is 2.12. The molecule has 22 heavy (non-hydrogen) atoms. The SMILES string of the molecule is Cc1ccc(NC(=O)c2cc3ccccc3c(=O)o2)cc1C. The topological polar surface area (TPSA) is 59.3 Å². The minimum absolute atomic E-state index is 0.00179. The van der Waals surface area contributed by atoms with E-state index in [1.165, 1.54) is 0 Å². The average molecular weight is 293 g/mol. The third-order valence-corrected chi connectivity index (χ3v) is 3.66. The number of amides is 1. The normalized spacial score (nSPS) is 10.6. The fourth-order valence-corrected chi connectivity index (χ4v) is 2.26. The molecule has 0 atom stereocenters. The molecular formula is C18H15NO3. The number of fused-ring (bicyclic) bond motifs is 1. The van der Waals surface area contributed by atoms with Crippen LogP contribution >= 0.6 is 0 Å². The van der Waals surface area contributed by atoms with Crippen LogP contribution < -0.4 is 10.9 Å². The standard InChI is InChI=1S/C18H15NO3/c1-11-7-8-14(9-12(11)2)19-17(20)16-10-13-5-3-4-6-15(13)18(21)22-16/h3-10H,1-2H3,(H,19,20). The van der Waals surface area contributed by atoms with Gasteiger partial charge in [-0.1, -0.05) is 24.3 Å². The molecule has 0 radical (unpaired) electrons. The van der Waals surface area contributed by atoms with E-state index < -0.39 is 11.5 Å². The summed E-state index contributed by atoms with van der Waals surface area (Å²) in [5.74, 6) is -0.437. The fraction of sp³-hybridized carbons (Fsp3) is 0.111. The van der Waals surface area contributed by atoms with Crippen molar-refractivity contribution in [2.45, 2.75) is 13.8 Å². The van der Waals surface area contributed by atoms with Crippen LogP contribution in [0.1, 0.15) is 21.7 Å². The van der Waals surface area contributed by atoms with E-state index in [0.29, 0.717) is 16.5 Å². The highest BCUT2D eigenvalue weighted by molar-refractivity contribution is 6.03. The van der Waals surface area contributed by atoms with E-state index >= 15 is 0 Å². The first-order valence-electron chi connectivity index (χ1n) is 6.96. The molecule has 3 rings (SSSR count). The summed E-state index contributed by atoms with van der Waals surface area (Å²) in [6.07, 6.45) is 0. The first-order chi connectivity index (χ1) is 10.5. The summed E-state index contributed by atoms with van der Waals surface area (Å²) in [5.41, 5.74) is 2.39. The van der Waals surface area contributed by atoms with Gasteiger partial charge in [-0.15, -0.1) is 0 Å². The molecule has 4 heteroatoms. The third-order valence-electron chi connectivity index (χ3n) is 3.66. The number of hydrogen-bond acceptors (Lipinski definition) is 3. The van der Waals surface area contributed by atoms with Crippen molar-refractivity contribution in [1.29, 1.82) is 0 Å². The second kappa shape index (κ2) is 5.48. The van der Waals surface area contributed by atoms with Crippen molar-refractivity contribution in [3.05, 3.63) is 75.8 Å². The van der Waals surface area contributed by atoms with Gasteiger partial charge in [0.15, 0.2) is 5.76 Å². The molecule has 1 aromatic heterocycles. The van der Waals surface area contributed by atoms with E-state index in [2.05, 4.69) is 5.32 Å². The number of rotatable bonds is 2. The maximum absolute atomic E-state index is 12.3. The Morgan fingerprint density at radius 2 is 1.77 bits per heavy atom. The van der Waals surface area contributed by atoms with Crippen molar-refractivity contribution >= 4 is 22.4 Å². The van der Waals surface area contributed by atoms with Gasteiger partial charge in [0, 0.05) is 5.69 Å². The molecule has 0 spiro atoms. The Hall–Kier alpha value is -2.88. The Morgan fingerprint density at radius 3 is 2.55 bits per heavy atom. The Kier molecular flexibility index (Phi) is 3.51. The minimum Gasteiger partial charge on any atom is -0.417 e. The van der Waals surface area contributed by atoms with Gasteiger partial charge in [0.2, 0.25) is 0 Å². The lowest BCUT2D eigenvalue weighted by Gasteiger charge is -2.07. The molecule has 0 saturated heterocycles. The number of benzene rings is 2. The Bertz CT molecular complexity index is 925. The molecule has 0 aliphatic heterocycles. The van der Waals surface area contributed by atoms with Crippen LogP contribution in [0.2, 0.25) is 0 Å². The molecule has 110 valence electrons. The van der Waals surface area contributed by atoms with Crippen LogP contribution in [0.5, 0.6) is 0 Å². The van der Waals surface area contributed by atoms with E-state index in [-0.39, 0.29) is 5.76 Å². The lowest BCUT2D eigenvalue weighted by Crippen LogP contribution is -2.15. The minimum atomic E-state index is -0.511. The van der Waals surface area contributed by atoms with Crippen LogP contribution in [0.4, 0.5) is 5.69 Å². The largest absolute Gasteiger partial charge is 0.417 e. The van der Waals surface area contributed by atoms with Crippen molar-refractivity contribution in [1.82, 2.24) is 0 Å². The average Bonchev–Trinajstić information content (AvgIpc) is 2.51. The van der Waals surface area contributed by atoms with Crippen molar-refractivity contribution in [3.63, 3.8) is 0 Å². The molecule has 0 saturated carbocycles. The Labute approximate surface area is 127 Å². The summed E-state index contributed by atoms with van der Waals surface area (Å²) in [6.45, 7) is 3.98. The molecule has 1 N–H and O–H groups in total. The van der Waals surface area contributed by atoms with E-state index in [0.717, 1.165) is 11.1 Å². The van der Waals surface area contributed by atoms with Gasteiger partial charge in [-0.2, -0.15) is 0 Å². The van der Waals surface area contributed by atoms with Crippen LogP contribution in [0.3, 0.4) is 0 Å². The van der Waals surface area contributed by atoms with Gasteiger partial charge in [0.05, 0.1) is 5.39 Å². The molecule has 0 unspecified atom stereocenters. The number of hydrogen-bond donors (Lipinski definition) is 1. The van der Waals surface area contributed by atoms with Crippen molar-refractivity contribution in [2.24, 2.45) is 0 Å². The Balaban J connectivity index is 1.95. The van der Waals surface area contributed by atoms with Gasteiger partial charge < -0.3 is 9.73 Å². The molecule has 4 nitrogen and oxygen atoms in total. The lowest BCUT2D eigenvalue weighted by atomic mass is 10.1. The number of carbonyl (C=O) groups excluding carboxylic acids is 1. The number of anilines is 1. The summed E-state index contributed by atoms with van der Waals surface area (Å²) in [4.78, 5) is 24.2. The molecule has 0 fully saturated rings. The highest BCUT2D eigenvalue weighted by Crippen LogP contribution is 2.16. The van der Waals surface area contributed by atoms with Gasteiger partial charge >= 0.3 is 5.63 Å². The summed E-state index contributed by atoms with van der Waals surface area (Å²) < 4.78 is 5.11. The smallest absolute Gasteiger partial charge is 0.344 e. The summed E-state index contributed by atoms with van der Waals surface area (Å²) in [5, 5.41) is 3.89. The van der Waals surface area contributed by atoms with E-state index in [1.54, 1.807) is 24.3 Å². The number of nitrogens with one attached hydrogen (secondary N) is 1. The molecule has 1 heterocycles. The summed E-state index contributed by atoms with van der Waals surface area (Å²) in [7, 11) is 0. The predicted octanol–water partition coefficient (Wildman–Crippen LogP) is 3.66. The first-order valence-corrected chi connectivity index (χ1v) is 6.96. The van der Waals surface area contributed by atoms with Crippen LogP contribution in [0, 0.1) is 13.8 Å². The first kappa shape index (κ1) is 14.1. The predicted molar refractivity (Wildman–Crippen MR) is 86.4 cm³/mol. The molecule has 2 aromatic carbocycles. The zero-order valence-electron chi connectivity index (χ0n) is 12.3. The van der Waals surface area contributed by atoms with Gasteiger partial charge in [0.1, 0.15) is 0 Å². The summed E-state index contributed by atoms with van der Waals surface area (Å²) in [6, 6.07) is 14.2. The van der Waals surface area contributed by atoms with Crippen molar-refractivity contribution < 1.29 is 9.21 Å². The zero-order valence-corrected chi connectivity index (χ0v) is 12.3. The van der Waals surface area contributed by atoms with Crippen LogP contribution in [-0.2, 0) is 0 Å². The molecule has 3 aromatic rings. The zero-order chi connectivity index (χ0) is 15.7. The van der Waals surface area contributed by atoms with Gasteiger partial charge in [-0.3, -0.25) is 4.79 Å². The number of carbonyl (C=O) groups is 1. The van der Waals surface area contributed by atoms with E-state index in [4.69, 9.17) is 4.42 Å². The van der Waals surface area contributed by atoms with E-state index in [1.807, 2.05) is 38.1 Å². The highest BCUT2D eigenvalue weighted by atomic mass is 16.4. The van der Waals surface area contributed by atoms with Crippen LogP contribution in [0.25, 0.3) is 10.8 Å². The van der Waals surface area contributed by atoms with Crippen LogP contribution in [-0.4, -0.2) is 5.91 Å². The molecule has 0 aliphatic carbocycles. The van der Waals surface area contributed by atoms with Crippen molar-refractivity contribution in [3.8, 4) is 0 Å². The molecule has 0 bridgehead atoms. The number of aryl methyl sites for hydroxylation is 2. The van der Waals surface area contributed by atoms with Gasteiger partial charge in [-0.05, 0) is 54.6 Å². The van der Waals surface area contributed by atoms with E-state index in [9.17, 15) is 9.59 Å². The maximum atomic E-state index is 12.3. The maximum Gasteiger partial charge on any atom is 0.344 e. The Morgan fingerprint density at radius 1 is 1.00 bits per heavy atom. The van der Waals surface area contributed by atoms with Crippen LogP contribution in [0.15, 0.2) is 57.7 Å². The summed E-state index contributed by atoms with van der Waals surface area (Å²) >= 11 is 0. The fourth-order valence-electron chi connectivity index (χ4n) is 2.26. The monoisotopic (exact) mass is 293 g/mol.